The highest BCUT2D eigenvalue weighted by Crippen LogP contribution is 2.25. The summed E-state index contributed by atoms with van der Waals surface area (Å²) in [6.45, 7) is 4.50. The summed E-state index contributed by atoms with van der Waals surface area (Å²) < 4.78 is 10.9. The van der Waals surface area contributed by atoms with Crippen molar-refractivity contribution in [3.8, 4) is 11.5 Å². The van der Waals surface area contributed by atoms with Crippen LogP contribution in [-0.4, -0.2) is 63.8 Å². The molecular formula is C21H27N4O5+. The highest BCUT2D eigenvalue weighted by atomic mass is 16.6. The summed E-state index contributed by atoms with van der Waals surface area (Å²) in [4.78, 5) is 26.0. The number of quaternary nitrogens is 1. The molecule has 0 atom stereocenters. The maximum Gasteiger partial charge on any atom is 0.275 e. The van der Waals surface area contributed by atoms with Crippen molar-refractivity contribution in [2.45, 2.75) is 0 Å². The highest BCUT2D eigenvalue weighted by molar-refractivity contribution is 5.76. The molecule has 9 nitrogen and oxygen atoms in total. The molecule has 0 spiro atoms. The fourth-order valence-corrected chi connectivity index (χ4v) is 3.42. The van der Waals surface area contributed by atoms with Gasteiger partial charge >= 0.3 is 0 Å². The molecule has 1 amide bonds. The number of piperazine rings is 1. The van der Waals surface area contributed by atoms with Crippen molar-refractivity contribution in [2.75, 3.05) is 57.9 Å². The normalized spacial score (nSPS) is 14.2. The molecule has 0 aliphatic carbocycles. The maximum absolute atomic E-state index is 12.2. The summed E-state index contributed by atoms with van der Waals surface area (Å²) >= 11 is 0. The van der Waals surface area contributed by atoms with Gasteiger partial charge in [-0.25, -0.2) is 0 Å². The van der Waals surface area contributed by atoms with Gasteiger partial charge in [0, 0.05) is 17.8 Å². The third-order valence-electron chi connectivity index (χ3n) is 5.06. The molecule has 0 unspecified atom stereocenters. The van der Waals surface area contributed by atoms with Gasteiger partial charge in [-0.15, -0.1) is 0 Å². The molecule has 0 saturated carbocycles. The molecule has 0 aromatic heterocycles. The Morgan fingerprint density at radius 3 is 2.43 bits per heavy atom. The monoisotopic (exact) mass is 415 g/mol. The van der Waals surface area contributed by atoms with Gasteiger partial charge in [-0.3, -0.25) is 14.9 Å². The van der Waals surface area contributed by atoms with E-state index < -0.39 is 4.92 Å². The van der Waals surface area contributed by atoms with Crippen molar-refractivity contribution >= 4 is 17.3 Å². The van der Waals surface area contributed by atoms with E-state index in [1.807, 2.05) is 24.3 Å². The fourth-order valence-electron chi connectivity index (χ4n) is 3.42. The second-order valence-electron chi connectivity index (χ2n) is 7.04. The molecule has 3 rings (SSSR count). The van der Waals surface area contributed by atoms with Crippen LogP contribution in [0.2, 0.25) is 0 Å². The van der Waals surface area contributed by atoms with Crippen LogP contribution in [0.4, 0.5) is 11.4 Å². The fraction of sp³-hybridized carbons (Fsp3) is 0.381. The van der Waals surface area contributed by atoms with Gasteiger partial charge < -0.3 is 24.6 Å². The number of non-ortho nitro benzene ring substituents is 1. The lowest BCUT2D eigenvalue weighted by Gasteiger charge is -2.33. The van der Waals surface area contributed by atoms with Gasteiger partial charge in [-0.1, -0.05) is 12.1 Å². The third-order valence-corrected chi connectivity index (χ3v) is 5.06. The van der Waals surface area contributed by atoms with E-state index in [9.17, 15) is 14.9 Å². The Morgan fingerprint density at radius 1 is 1.13 bits per heavy atom. The first-order chi connectivity index (χ1) is 14.6. The smallest absolute Gasteiger partial charge is 0.275 e. The molecule has 9 heteroatoms. The number of para-hydroxylation sites is 2. The van der Waals surface area contributed by atoms with Crippen LogP contribution in [-0.2, 0) is 4.79 Å². The number of nitrogens with one attached hydrogen (secondary N) is 2. The van der Waals surface area contributed by atoms with Crippen LogP contribution in [0.1, 0.15) is 0 Å². The van der Waals surface area contributed by atoms with Gasteiger partial charge in [0.1, 0.15) is 6.61 Å². The van der Waals surface area contributed by atoms with Crippen LogP contribution in [0, 0.1) is 10.1 Å². The minimum atomic E-state index is -0.397. The average molecular weight is 415 g/mol. The second-order valence-corrected chi connectivity index (χ2v) is 7.04. The number of hydrogen-bond donors (Lipinski definition) is 2. The molecule has 2 aromatic carbocycles. The van der Waals surface area contributed by atoms with E-state index in [0.717, 1.165) is 31.9 Å². The van der Waals surface area contributed by atoms with E-state index in [0.29, 0.717) is 31.2 Å². The van der Waals surface area contributed by atoms with Gasteiger partial charge in [-0.05, 0) is 24.3 Å². The van der Waals surface area contributed by atoms with Crippen LogP contribution >= 0.6 is 0 Å². The van der Waals surface area contributed by atoms with Crippen LogP contribution < -0.4 is 24.6 Å². The Bertz CT molecular complexity index is 851. The zero-order chi connectivity index (χ0) is 21.3. The first kappa shape index (κ1) is 21.4. The topological polar surface area (TPSA) is 98.4 Å². The molecule has 0 radical (unpaired) electrons. The zero-order valence-electron chi connectivity index (χ0n) is 17.0. The lowest BCUT2D eigenvalue weighted by molar-refractivity contribution is -0.892. The number of carbonyl (C=O) groups excluding carboxylic acids is 1. The Morgan fingerprint density at radius 2 is 1.80 bits per heavy atom. The van der Waals surface area contributed by atoms with E-state index >= 15 is 0 Å². The highest BCUT2D eigenvalue weighted by Gasteiger charge is 2.22. The first-order valence-electron chi connectivity index (χ1n) is 9.92. The zero-order valence-corrected chi connectivity index (χ0v) is 17.0. The minimum absolute atomic E-state index is 0.00240. The molecule has 30 heavy (non-hydrogen) atoms. The molecule has 1 fully saturated rings. The number of nitro groups is 1. The number of rotatable bonds is 9. The predicted molar refractivity (Wildman–Crippen MR) is 112 cm³/mol. The van der Waals surface area contributed by atoms with Gasteiger partial charge in [0.2, 0.25) is 0 Å². The number of nitro benzene ring substituents is 1. The Balaban J connectivity index is 1.35. The summed E-state index contributed by atoms with van der Waals surface area (Å²) in [5.41, 5.74) is 1.06. The van der Waals surface area contributed by atoms with Gasteiger partial charge in [-0.2, -0.15) is 0 Å². The summed E-state index contributed by atoms with van der Waals surface area (Å²) in [6, 6.07) is 14.0. The number of anilines is 1. The molecule has 1 aliphatic rings. The van der Waals surface area contributed by atoms with Crippen molar-refractivity contribution in [1.29, 1.82) is 0 Å². The molecule has 1 aliphatic heterocycles. The summed E-state index contributed by atoms with van der Waals surface area (Å²) in [5, 5.41) is 13.7. The number of benzene rings is 2. The van der Waals surface area contributed by atoms with Gasteiger partial charge in [0.25, 0.3) is 11.6 Å². The van der Waals surface area contributed by atoms with E-state index in [-0.39, 0.29) is 11.6 Å². The standard InChI is InChI=1S/C21H26N4O5/c1-29-19-4-2-3-5-20(19)30-15-10-22-21(26)16-23-11-13-24(14-12-23)17-6-8-18(9-7-17)25(27)28/h2-9H,10-16H2,1H3,(H,22,26)/p+1. The molecule has 2 N–H and O–H groups in total. The van der Waals surface area contributed by atoms with Crippen molar-refractivity contribution in [3.63, 3.8) is 0 Å². The van der Waals surface area contributed by atoms with Crippen LogP contribution in [0.3, 0.4) is 0 Å². The summed E-state index contributed by atoms with van der Waals surface area (Å²) in [7, 11) is 1.59. The Labute approximate surface area is 175 Å². The predicted octanol–water partition coefficient (Wildman–Crippen LogP) is 0.504. The van der Waals surface area contributed by atoms with Crippen molar-refractivity contribution < 1.29 is 24.1 Å². The molecule has 1 heterocycles. The number of ether oxygens (including phenoxy) is 2. The van der Waals surface area contributed by atoms with E-state index in [1.165, 1.54) is 17.0 Å². The number of amides is 1. The summed E-state index contributed by atoms with van der Waals surface area (Å²) in [6.07, 6.45) is 0. The van der Waals surface area contributed by atoms with Crippen molar-refractivity contribution in [3.05, 3.63) is 58.6 Å². The first-order valence-corrected chi connectivity index (χ1v) is 9.92. The Kier molecular flexibility index (Phi) is 7.45. The van der Waals surface area contributed by atoms with Crippen LogP contribution in [0.15, 0.2) is 48.5 Å². The van der Waals surface area contributed by atoms with Crippen molar-refractivity contribution in [1.82, 2.24) is 5.32 Å². The molecule has 2 aromatic rings. The van der Waals surface area contributed by atoms with Gasteiger partial charge in [0.05, 0.1) is 44.8 Å². The number of hydrogen-bond acceptors (Lipinski definition) is 6. The lowest BCUT2D eigenvalue weighted by atomic mass is 10.2. The molecule has 160 valence electrons. The van der Waals surface area contributed by atoms with E-state index in [2.05, 4.69) is 10.2 Å². The largest absolute Gasteiger partial charge is 0.493 e. The molecule has 0 bridgehead atoms. The number of carbonyl (C=O) groups is 1. The third kappa shape index (κ3) is 5.84. The quantitative estimate of drug-likeness (QED) is 0.352. The minimum Gasteiger partial charge on any atom is -0.493 e. The SMILES string of the molecule is COc1ccccc1OCCNC(=O)C[NH+]1CCN(c2ccc([N+](=O)[O-])cc2)CC1. The maximum atomic E-state index is 12.2. The number of nitrogens with zero attached hydrogens (tertiary/aromatic N) is 2. The molecular weight excluding hydrogens is 388 g/mol. The second kappa shape index (κ2) is 10.4. The summed E-state index contributed by atoms with van der Waals surface area (Å²) in [5.74, 6) is 1.32. The lowest BCUT2D eigenvalue weighted by Crippen LogP contribution is -3.16. The van der Waals surface area contributed by atoms with Gasteiger partial charge in [0.15, 0.2) is 18.0 Å². The Hall–Kier alpha value is -3.33. The average Bonchev–Trinajstić information content (AvgIpc) is 2.77. The number of methoxy groups -OCH3 is 1. The van der Waals surface area contributed by atoms with Crippen LogP contribution in [0.5, 0.6) is 11.5 Å². The van der Waals surface area contributed by atoms with E-state index in [1.54, 1.807) is 19.2 Å². The molecule has 1 saturated heterocycles. The van der Waals surface area contributed by atoms with Crippen molar-refractivity contribution in [2.24, 2.45) is 0 Å². The van der Waals surface area contributed by atoms with E-state index in [4.69, 9.17) is 9.47 Å². The van der Waals surface area contributed by atoms with Crippen LogP contribution in [0.25, 0.3) is 0 Å².